The molecule has 0 atom stereocenters. The Morgan fingerprint density at radius 3 is 2.35 bits per heavy atom. The minimum atomic E-state index is 0.739. The van der Waals surface area contributed by atoms with Gasteiger partial charge in [-0.3, -0.25) is 0 Å². The number of rotatable bonds is 14. The molecule has 20 heavy (non-hydrogen) atoms. The lowest BCUT2D eigenvalue weighted by Gasteiger charge is -2.25. The summed E-state index contributed by atoms with van der Waals surface area (Å²) in [5.74, 6) is 0.739. The van der Waals surface area contributed by atoms with E-state index in [0.717, 1.165) is 58.3 Å². The maximum atomic E-state index is 5.34. The molecule has 0 aromatic heterocycles. The first kappa shape index (κ1) is 19.8. The summed E-state index contributed by atoms with van der Waals surface area (Å²) in [6.07, 6.45) is 2.37. The first-order valence-corrected chi connectivity index (χ1v) is 8.21. The summed E-state index contributed by atoms with van der Waals surface area (Å²) in [4.78, 5) is 4.83. The molecule has 0 aliphatic rings. The molecule has 0 spiro atoms. The van der Waals surface area contributed by atoms with Gasteiger partial charge in [0.25, 0.3) is 0 Å². The van der Waals surface area contributed by atoms with Crippen molar-refractivity contribution >= 4 is 0 Å². The Morgan fingerprint density at radius 2 is 1.75 bits per heavy atom. The zero-order valence-corrected chi connectivity index (χ0v) is 14.5. The molecule has 0 heterocycles. The van der Waals surface area contributed by atoms with Crippen molar-refractivity contribution in [3.63, 3.8) is 0 Å². The summed E-state index contributed by atoms with van der Waals surface area (Å²) in [5, 5.41) is 3.54. The Kier molecular flexibility index (Phi) is 13.7. The molecule has 0 saturated heterocycles. The fourth-order valence-corrected chi connectivity index (χ4v) is 2.11. The largest absolute Gasteiger partial charge is 0.382 e. The van der Waals surface area contributed by atoms with Crippen LogP contribution in [0.25, 0.3) is 0 Å². The number of nitrogens with one attached hydrogen (secondary N) is 1. The van der Waals surface area contributed by atoms with Gasteiger partial charge in [-0.15, -0.1) is 0 Å². The smallest absolute Gasteiger partial charge is 0.0466 e. The lowest BCUT2D eigenvalue weighted by Crippen LogP contribution is -2.38. The number of likely N-dealkylation sites (N-methyl/N-ethyl adjacent to an activating group) is 1. The van der Waals surface area contributed by atoms with Crippen molar-refractivity contribution in [2.24, 2.45) is 5.92 Å². The Bertz CT molecular complexity index is 198. The van der Waals surface area contributed by atoms with Gasteiger partial charge < -0.3 is 19.9 Å². The van der Waals surface area contributed by atoms with E-state index in [4.69, 9.17) is 4.74 Å². The molecule has 0 rings (SSSR count). The maximum absolute atomic E-state index is 5.34. The third-order valence-electron chi connectivity index (χ3n) is 3.19. The normalized spacial score (nSPS) is 12.0. The molecular formula is C16H37N3O. The molecule has 4 nitrogen and oxygen atoms in total. The molecule has 0 radical (unpaired) electrons. The highest BCUT2D eigenvalue weighted by atomic mass is 16.5. The Morgan fingerprint density at radius 1 is 1.00 bits per heavy atom. The second-order valence-corrected chi connectivity index (χ2v) is 6.15. The van der Waals surface area contributed by atoms with Gasteiger partial charge in [0, 0.05) is 45.9 Å². The predicted octanol–water partition coefficient (Wildman–Crippen LogP) is 1.91. The van der Waals surface area contributed by atoms with E-state index in [1.807, 2.05) is 0 Å². The van der Waals surface area contributed by atoms with Crippen molar-refractivity contribution in [1.29, 1.82) is 0 Å². The van der Waals surface area contributed by atoms with Crippen LogP contribution >= 0.6 is 0 Å². The number of nitrogens with zero attached hydrogens (tertiary/aromatic N) is 2. The Labute approximate surface area is 126 Å². The Balaban J connectivity index is 3.57. The molecule has 0 aromatic carbocycles. The summed E-state index contributed by atoms with van der Waals surface area (Å²) >= 11 is 0. The Hall–Kier alpha value is -0.160. The van der Waals surface area contributed by atoms with Crippen LogP contribution in [-0.2, 0) is 4.74 Å². The molecule has 0 amide bonds. The summed E-state index contributed by atoms with van der Waals surface area (Å²) < 4.78 is 5.34. The van der Waals surface area contributed by atoms with Crippen LogP contribution < -0.4 is 5.32 Å². The molecule has 0 aromatic rings. The second-order valence-electron chi connectivity index (χ2n) is 6.15. The summed E-state index contributed by atoms with van der Waals surface area (Å²) in [5.41, 5.74) is 0. The van der Waals surface area contributed by atoms with E-state index in [-0.39, 0.29) is 0 Å². The summed E-state index contributed by atoms with van der Waals surface area (Å²) in [6, 6.07) is 0. The minimum Gasteiger partial charge on any atom is -0.382 e. The van der Waals surface area contributed by atoms with Crippen molar-refractivity contribution in [1.82, 2.24) is 15.1 Å². The highest BCUT2D eigenvalue weighted by Gasteiger charge is 2.07. The average molecular weight is 287 g/mol. The number of ether oxygens (including phenoxy) is 1. The lowest BCUT2D eigenvalue weighted by molar-refractivity contribution is 0.143. The minimum absolute atomic E-state index is 0.739. The molecule has 4 heteroatoms. The molecule has 0 unspecified atom stereocenters. The van der Waals surface area contributed by atoms with E-state index in [1.54, 1.807) is 0 Å². The number of unbranched alkanes of at least 4 members (excludes halogenated alkanes) is 1. The predicted molar refractivity (Wildman–Crippen MR) is 88.4 cm³/mol. The topological polar surface area (TPSA) is 27.7 Å². The van der Waals surface area contributed by atoms with Gasteiger partial charge in [-0.2, -0.15) is 0 Å². The van der Waals surface area contributed by atoms with Crippen LogP contribution in [0.1, 0.15) is 33.6 Å². The first-order valence-electron chi connectivity index (χ1n) is 8.21. The average Bonchev–Trinajstić information content (AvgIpc) is 2.38. The molecule has 0 aliphatic heterocycles. The van der Waals surface area contributed by atoms with Crippen LogP contribution in [-0.4, -0.2) is 76.4 Å². The quantitative estimate of drug-likeness (QED) is 0.494. The van der Waals surface area contributed by atoms with Gasteiger partial charge in [-0.1, -0.05) is 13.8 Å². The summed E-state index contributed by atoms with van der Waals surface area (Å²) in [6.45, 7) is 15.2. The van der Waals surface area contributed by atoms with Crippen LogP contribution in [0.4, 0.5) is 0 Å². The lowest BCUT2D eigenvalue weighted by atomic mass is 10.2. The van der Waals surface area contributed by atoms with Crippen molar-refractivity contribution in [3.05, 3.63) is 0 Å². The fourth-order valence-electron chi connectivity index (χ4n) is 2.11. The summed E-state index contributed by atoms with van der Waals surface area (Å²) in [7, 11) is 4.29. The fraction of sp³-hybridized carbons (Fsp3) is 1.00. The zero-order chi connectivity index (χ0) is 15.2. The van der Waals surface area contributed by atoms with E-state index in [2.05, 4.69) is 50.0 Å². The van der Waals surface area contributed by atoms with Gasteiger partial charge >= 0.3 is 0 Å². The molecule has 0 bridgehead atoms. The number of hydrogen-bond acceptors (Lipinski definition) is 4. The van der Waals surface area contributed by atoms with Crippen LogP contribution in [0.15, 0.2) is 0 Å². The van der Waals surface area contributed by atoms with Gasteiger partial charge in [0.2, 0.25) is 0 Å². The van der Waals surface area contributed by atoms with Crippen LogP contribution in [0.5, 0.6) is 0 Å². The second kappa shape index (κ2) is 13.8. The van der Waals surface area contributed by atoms with Crippen molar-refractivity contribution in [2.45, 2.75) is 33.6 Å². The third kappa shape index (κ3) is 14.3. The van der Waals surface area contributed by atoms with Gasteiger partial charge in [0.05, 0.1) is 0 Å². The molecule has 1 N–H and O–H groups in total. The first-order chi connectivity index (χ1) is 9.56. The van der Waals surface area contributed by atoms with Crippen molar-refractivity contribution in [3.8, 4) is 0 Å². The van der Waals surface area contributed by atoms with E-state index in [1.165, 1.54) is 13.0 Å². The molecule has 0 fully saturated rings. The van der Waals surface area contributed by atoms with Crippen molar-refractivity contribution in [2.75, 3.05) is 66.6 Å². The van der Waals surface area contributed by atoms with Gasteiger partial charge in [-0.05, 0) is 46.3 Å². The highest BCUT2D eigenvalue weighted by Crippen LogP contribution is 1.98. The molecule has 122 valence electrons. The number of hydrogen-bond donors (Lipinski definition) is 1. The van der Waals surface area contributed by atoms with Crippen LogP contribution in [0.3, 0.4) is 0 Å². The molecule has 0 aliphatic carbocycles. The SMILES string of the molecule is CCOCCCCNCCN(CCN(C)C)CC(C)C. The van der Waals surface area contributed by atoms with E-state index in [9.17, 15) is 0 Å². The van der Waals surface area contributed by atoms with Gasteiger partial charge in [0.1, 0.15) is 0 Å². The van der Waals surface area contributed by atoms with Gasteiger partial charge in [-0.25, -0.2) is 0 Å². The van der Waals surface area contributed by atoms with Crippen LogP contribution in [0.2, 0.25) is 0 Å². The van der Waals surface area contributed by atoms with E-state index in [0.29, 0.717) is 0 Å². The molecular weight excluding hydrogens is 250 g/mol. The maximum Gasteiger partial charge on any atom is 0.0466 e. The molecule has 0 saturated carbocycles. The van der Waals surface area contributed by atoms with Gasteiger partial charge in [0.15, 0.2) is 0 Å². The van der Waals surface area contributed by atoms with E-state index >= 15 is 0 Å². The highest BCUT2D eigenvalue weighted by molar-refractivity contribution is 4.63. The monoisotopic (exact) mass is 287 g/mol. The van der Waals surface area contributed by atoms with Crippen LogP contribution in [0, 0.1) is 5.92 Å². The van der Waals surface area contributed by atoms with E-state index < -0.39 is 0 Å². The standard InChI is InChI=1S/C16H37N3O/c1-6-20-14-8-7-9-17-10-11-19(15-16(2)3)13-12-18(4)5/h16-17H,6-15H2,1-5H3. The zero-order valence-electron chi connectivity index (χ0n) is 14.5. The van der Waals surface area contributed by atoms with Crippen molar-refractivity contribution < 1.29 is 4.74 Å². The third-order valence-corrected chi connectivity index (χ3v) is 3.19.